The summed E-state index contributed by atoms with van der Waals surface area (Å²) in [7, 11) is 1.58. The van der Waals surface area contributed by atoms with Crippen LogP contribution in [0.5, 0.6) is 5.75 Å². The summed E-state index contributed by atoms with van der Waals surface area (Å²) < 4.78 is 46.3. The van der Waals surface area contributed by atoms with E-state index in [1.165, 1.54) is 40.0 Å². The number of amides is 2. The van der Waals surface area contributed by atoms with Gasteiger partial charge in [-0.2, -0.15) is 23.4 Å². The fraction of sp³-hybridized carbons (Fsp3) is 0.300. The highest BCUT2D eigenvalue weighted by atomic mass is 19.4. The van der Waals surface area contributed by atoms with E-state index < -0.39 is 17.6 Å². The van der Waals surface area contributed by atoms with Crippen LogP contribution in [0.2, 0.25) is 0 Å². The molecule has 2 heterocycles. The lowest BCUT2D eigenvalue weighted by Gasteiger charge is -2.10. The summed E-state index contributed by atoms with van der Waals surface area (Å²) in [6.45, 7) is 2.19. The Morgan fingerprint density at radius 3 is 2.69 bits per heavy atom. The molecule has 0 unspecified atom stereocenters. The number of carbonyl (C=O) groups is 2. The molecule has 32 heavy (non-hydrogen) atoms. The highest BCUT2D eigenvalue weighted by Gasteiger charge is 2.30. The molecule has 0 aliphatic heterocycles. The molecule has 0 aliphatic carbocycles. The highest BCUT2D eigenvalue weighted by molar-refractivity contribution is 6.07. The lowest BCUT2D eigenvalue weighted by molar-refractivity contribution is -0.137. The SMILES string of the molecule is CCCNC(=O)c1c(NC(=O)c2ccn(COc3cccc(C(F)(F)F)c3)n2)cnn1C. The smallest absolute Gasteiger partial charge is 0.416 e. The van der Waals surface area contributed by atoms with Gasteiger partial charge in [0.1, 0.15) is 11.4 Å². The summed E-state index contributed by atoms with van der Waals surface area (Å²) in [6, 6.07) is 5.86. The predicted molar refractivity (Wildman–Crippen MR) is 108 cm³/mol. The monoisotopic (exact) mass is 450 g/mol. The molecule has 170 valence electrons. The maximum atomic E-state index is 12.8. The molecule has 3 aromatic rings. The van der Waals surface area contributed by atoms with Gasteiger partial charge < -0.3 is 15.4 Å². The zero-order valence-electron chi connectivity index (χ0n) is 17.3. The number of nitrogens with zero attached hydrogens (tertiary/aromatic N) is 4. The molecule has 0 fully saturated rings. The number of nitrogens with one attached hydrogen (secondary N) is 2. The molecule has 0 aliphatic rings. The van der Waals surface area contributed by atoms with Crippen LogP contribution in [0.1, 0.15) is 39.9 Å². The molecule has 3 rings (SSSR count). The molecule has 0 bridgehead atoms. The lowest BCUT2D eigenvalue weighted by Crippen LogP contribution is -2.27. The Kier molecular flexibility index (Phi) is 6.81. The first-order chi connectivity index (χ1) is 15.2. The van der Waals surface area contributed by atoms with Gasteiger partial charge in [0, 0.05) is 19.8 Å². The molecule has 0 radical (unpaired) electrons. The van der Waals surface area contributed by atoms with Crippen LogP contribution >= 0.6 is 0 Å². The molecule has 1 aromatic carbocycles. The maximum Gasteiger partial charge on any atom is 0.416 e. The molecular weight excluding hydrogens is 429 g/mol. The van der Waals surface area contributed by atoms with Crippen molar-refractivity contribution in [3.63, 3.8) is 0 Å². The van der Waals surface area contributed by atoms with Crippen molar-refractivity contribution in [3.8, 4) is 5.75 Å². The minimum atomic E-state index is -4.48. The van der Waals surface area contributed by atoms with E-state index in [1.54, 1.807) is 7.05 Å². The Labute approximate surface area is 181 Å². The topological polar surface area (TPSA) is 103 Å². The highest BCUT2D eigenvalue weighted by Crippen LogP contribution is 2.31. The number of carbonyl (C=O) groups excluding carboxylic acids is 2. The van der Waals surface area contributed by atoms with Crippen molar-refractivity contribution >= 4 is 17.5 Å². The van der Waals surface area contributed by atoms with E-state index >= 15 is 0 Å². The van der Waals surface area contributed by atoms with Crippen LogP contribution in [0.3, 0.4) is 0 Å². The van der Waals surface area contributed by atoms with Gasteiger partial charge in [-0.1, -0.05) is 13.0 Å². The molecule has 2 aromatic heterocycles. The summed E-state index contributed by atoms with van der Waals surface area (Å²) in [5.41, 5.74) is -0.382. The average Bonchev–Trinajstić information content (AvgIpc) is 3.37. The predicted octanol–water partition coefficient (Wildman–Crippen LogP) is 3.06. The van der Waals surface area contributed by atoms with Crippen LogP contribution in [0, 0.1) is 0 Å². The fourth-order valence-corrected chi connectivity index (χ4v) is 2.76. The van der Waals surface area contributed by atoms with Crippen molar-refractivity contribution in [2.24, 2.45) is 7.05 Å². The van der Waals surface area contributed by atoms with E-state index in [2.05, 4.69) is 20.8 Å². The van der Waals surface area contributed by atoms with Crippen molar-refractivity contribution in [2.45, 2.75) is 26.3 Å². The number of rotatable bonds is 8. The third-order valence-electron chi connectivity index (χ3n) is 4.34. The van der Waals surface area contributed by atoms with Crippen LogP contribution < -0.4 is 15.4 Å². The van der Waals surface area contributed by atoms with Gasteiger partial charge in [-0.3, -0.25) is 14.3 Å². The molecule has 0 saturated carbocycles. The van der Waals surface area contributed by atoms with Gasteiger partial charge in [0.15, 0.2) is 12.4 Å². The van der Waals surface area contributed by atoms with Crippen molar-refractivity contribution in [3.05, 3.63) is 59.7 Å². The Morgan fingerprint density at radius 1 is 1.19 bits per heavy atom. The zero-order chi connectivity index (χ0) is 23.3. The van der Waals surface area contributed by atoms with Crippen LogP contribution in [-0.2, 0) is 20.0 Å². The number of benzene rings is 1. The molecule has 2 amide bonds. The van der Waals surface area contributed by atoms with Crippen molar-refractivity contribution < 1.29 is 27.5 Å². The Hall–Kier alpha value is -3.83. The number of aromatic nitrogens is 4. The molecule has 0 spiro atoms. The van der Waals surface area contributed by atoms with E-state index in [0.717, 1.165) is 18.6 Å². The normalized spacial score (nSPS) is 11.3. The van der Waals surface area contributed by atoms with Crippen LogP contribution in [-0.4, -0.2) is 37.9 Å². The van der Waals surface area contributed by atoms with Gasteiger partial charge in [-0.05, 0) is 30.7 Å². The molecule has 0 atom stereocenters. The minimum Gasteiger partial charge on any atom is -0.471 e. The first-order valence-electron chi connectivity index (χ1n) is 9.64. The second-order valence-electron chi connectivity index (χ2n) is 6.78. The maximum absolute atomic E-state index is 12.8. The summed E-state index contributed by atoms with van der Waals surface area (Å²) >= 11 is 0. The van der Waals surface area contributed by atoms with Gasteiger partial charge >= 0.3 is 6.18 Å². The molecule has 0 saturated heterocycles. The Bertz CT molecular complexity index is 1110. The molecule has 2 N–H and O–H groups in total. The van der Waals surface area contributed by atoms with Gasteiger partial charge in [-0.15, -0.1) is 0 Å². The molecule has 12 heteroatoms. The fourth-order valence-electron chi connectivity index (χ4n) is 2.76. The quantitative estimate of drug-likeness (QED) is 0.549. The van der Waals surface area contributed by atoms with Gasteiger partial charge in [0.25, 0.3) is 11.8 Å². The summed E-state index contributed by atoms with van der Waals surface area (Å²) in [5.74, 6) is -0.943. The van der Waals surface area contributed by atoms with Crippen molar-refractivity contribution in [1.29, 1.82) is 0 Å². The summed E-state index contributed by atoms with van der Waals surface area (Å²) in [6.07, 6.45) is -0.923. The van der Waals surface area contributed by atoms with E-state index in [1.807, 2.05) is 6.92 Å². The van der Waals surface area contributed by atoms with E-state index in [0.29, 0.717) is 6.54 Å². The van der Waals surface area contributed by atoms with E-state index in [-0.39, 0.29) is 35.5 Å². The minimum absolute atomic E-state index is 0.0134. The van der Waals surface area contributed by atoms with Crippen molar-refractivity contribution in [2.75, 3.05) is 11.9 Å². The molecular formula is C20H21F3N6O3. The first kappa shape index (κ1) is 22.8. The van der Waals surface area contributed by atoms with Gasteiger partial charge in [0.2, 0.25) is 0 Å². The Balaban J connectivity index is 1.64. The largest absolute Gasteiger partial charge is 0.471 e. The number of halogens is 3. The third kappa shape index (κ3) is 5.45. The number of anilines is 1. The van der Waals surface area contributed by atoms with Crippen molar-refractivity contribution in [1.82, 2.24) is 24.9 Å². The molecule has 9 nitrogen and oxygen atoms in total. The van der Waals surface area contributed by atoms with Gasteiger partial charge in [-0.25, -0.2) is 4.68 Å². The lowest BCUT2D eigenvalue weighted by atomic mass is 10.2. The summed E-state index contributed by atoms with van der Waals surface area (Å²) in [5, 5.41) is 13.4. The number of alkyl halides is 3. The van der Waals surface area contributed by atoms with Crippen LogP contribution in [0.15, 0.2) is 42.7 Å². The summed E-state index contributed by atoms with van der Waals surface area (Å²) in [4.78, 5) is 24.8. The second kappa shape index (κ2) is 9.54. The van der Waals surface area contributed by atoms with Crippen LogP contribution in [0.25, 0.3) is 0 Å². The van der Waals surface area contributed by atoms with Gasteiger partial charge in [0.05, 0.1) is 17.4 Å². The second-order valence-corrected chi connectivity index (χ2v) is 6.78. The number of aryl methyl sites for hydroxylation is 1. The van der Waals surface area contributed by atoms with Crippen LogP contribution in [0.4, 0.5) is 18.9 Å². The standard InChI is InChI=1S/C20H21F3N6O3/c1-3-8-24-19(31)17-16(11-25-28(17)2)26-18(30)15-7-9-29(27-15)12-32-14-6-4-5-13(10-14)20(21,22)23/h4-7,9-11H,3,8,12H2,1-2H3,(H,24,31)(H,26,30). The van der Waals surface area contributed by atoms with E-state index in [4.69, 9.17) is 4.74 Å². The number of hydrogen-bond donors (Lipinski definition) is 2. The van der Waals surface area contributed by atoms with E-state index in [9.17, 15) is 22.8 Å². The first-order valence-corrected chi connectivity index (χ1v) is 9.64. The Morgan fingerprint density at radius 2 is 1.97 bits per heavy atom. The number of hydrogen-bond acceptors (Lipinski definition) is 5. The number of ether oxygens (including phenoxy) is 1. The zero-order valence-corrected chi connectivity index (χ0v) is 17.3. The third-order valence-corrected chi connectivity index (χ3v) is 4.34. The average molecular weight is 450 g/mol.